The number of imide groups is 1. The van der Waals surface area contributed by atoms with E-state index < -0.39 is 18.2 Å². The standard InChI is InChI=1S/C16H15F2N3O4S/c17-16(18)24-12-4-3-10(8-13(12)25-16)20-9-14(22)21-15(23)19-6-5-11-2-1-7-26-11/h1-4,7-8,20H,5-6,9H2,(H2,19,21,22,23). The molecule has 3 rings (SSSR count). The zero-order chi connectivity index (χ0) is 18.6. The van der Waals surface area contributed by atoms with Gasteiger partial charge in [-0.25, -0.2) is 4.79 Å². The number of benzene rings is 1. The Kier molecular flexibility index (Phi) is 5.21. The van der Waals surface area contributed by atoms with Gasteiger partial charge in [0, 0.05) is 23.2 Å². The average molecular weight is 383 g/mol. The normalized spacial score (nSPS) is 13.9. The third-order valence-electron chi connectivity index (χ3n) is 3.34. The van der Waals surface area contributed by atoms with Crippen LogP contribution in [0.15, 0.2) is 35.7 Å². The number of anilines is 1. The molecule has 0 unspecified atom stereocenters. The van der Waals surface area contributed by atoms with Crippen LogP contribution < -0.4 is 25.4 Å². The lowest BCUT2D eigenvalue weighted by Crippen LogP contribution is -2.42. The summed E-state index contributed by atoms with van der Waals surface area (Å²) in [6.07, 6.45) is -3.01. The first-order valence-electron chi connectivity index (χ1n) is 7.65. The third-order valence-corrected chi connectivity index (χ3v) is 4.28. The minimum absolute atomic E-state index is 0.0879. The van der Waals surface area contributed by atoms with E-state index in [1.165, 1.54) is 18.2 Å². The van der Waals surface area contributed by atoms with E-state index in [1.807, 2.05) is 17.5 Å². The summed E-state index contributed by atoms with van der Waals surface area (Å²) < 4.78 is 34.5. The van der Waals surface area contributed by atoms with Crippen LogP contribution in [0.3, 0.4) is 0 Å². The van der Waals surface area contributed by atoms with Crippen molar-refractivity contribution >= 4 is 29.0 Å². The predicted molar refractivity (Wildman–Crippen MR) is 90.7 cm³/mol. The topological polar surface area (TPSA) is 88.7 Å². The molecule has 10 heteroatoms. The van der Waals surface area contributed by atoms with Crippen molar-refractivity contribution in [1.82, 2.24) is 10.6 Å². The van der Waals surface area contributed by atoms with E-state index in [0.29, 0.717) is 18.7 Å². The van der Waals surface area contributed by atoms with Crippen LogP contribution in [-0.2, 0) is 11.2 Å². The van der Waals surface area contributed by atoms with Crippen molar-refractivity contribution in [2.45, 2.75) is 12.7 Å². The number of nitrogens with one attached hydrogen (secondary N) is 3. The molecule has 0 saturated heterocycles. The highest BCUT2D eigenvalue weighted by atomic mass is 32.1. The summed E-state index contributed by atoms with van der Waals surface area (Å²) >= 11 is 1.59. The summed E-state index contributed by atoms with van der Waals surface area (Å²) in [6, 6.07) is 7.32. The summed E-state index contributed by atoms with van der Waals surface area (Å²) in [5, 5.41) is 9.41. The molecule has 3 amide bonds. The Labute approximate surface area is 151 Å². The van der Waals surface area contributed by atoms with Crippen LogP contribution in [-0.4, -0.2) is 31.3 Å². The molecule has 7 nitrogen and oxygen atoms in total. The summed E-state index contributed by atoms with van der Waals surface area (Å²) in [6.45, 7) is 0.192. The SMILES string of the molecule is O=C(CNc1ccc2c(c1)OC(F)(F)O2)NC(=O)NCCc1cccs1. The molecule has 1 aliphatic heterocycles. The fourth-order valence-corrected chi connectivity index (χ4v) is 2.92. The Bertz CT molecular complexity index is 799. The number of rotatable bonds is 6. The maximum Gasteiger partial charge on any atom is 0.586 e. The Morgan fingerprint density at radius 3 is 2.73 bits per heavy atom. The van der Waals surface area contributed by atoms with E-state index in [9.17, 15) is 18.4 Å². The number of amides is 3. The predicted octanol–water partition coefficient (Wildman–Crippen LogP) is 2.55. The van der Waals surface area contributed by atoms with Gasteiger partial charge in [0.15, 0.2) is 11.5 Å². The van der Waals surface area contributed by atoms with Crippen molar-refractivity contribution in [1.29, 1.82) is 0 Å². The van der Waals surface area contributed by atoms with E-state index in [-0.39, 0.29) is 18.0 Å². The van der Waals surface area contributed by atoms with Gasteiger partial charge in [0.05, 0.1) is 6.54 Å². The second-order valence-electron chi connectivity index (χ2n) is 5.32. The third kappa shape index (κ3) is 4.82. The number of fused-ring (bicyclic) bond motifs is 1. The first-order chi connectivity index (χ1) is 12.4. The second-order valence-corrected chi connectivity index (χ2v) is 6.35. The number of halogens is 2. The molecule has 138 valence electrons. The van der Waals surface area contributed by atoms with Crippen LogP contribution in [0, 0.1) is 0 Å². The molecule has 3 N–H and O–H groups in total. The molecule has 0 spiro atoms. The Morgan fingerprint density at radius 2 is 1.96 bits per heavy atom. The molecule has 0 saturated carbocycles. The maximum atomic E-state index is 12.9. The van der Waals surface area contributed by atoms with Crippen LogP contribution in [0.5, 0.6) is 11.5 Å². The minimum Gasteiger partial charge on any atom is -0.395 e. The van der Waals surface area contributed by atoms with Crippen molar-refractivity contribution in [2.24, 2.45) is 0 Å². The Balaban J connectivity index is 1.39. The molecule has 26 heavy (non-hydrogen) atoms. The van der Waals surface area contributed by atoms with Crippen LogP contribution in [0.1, 0.15) is 4.88 Å². The highest BCUT2D eigenvalue weighted by molar-refractivity contribution is 7.09. The number of alkyl halides is 2. The lowest BCUT2D eigenvalue weighted by Gasteiger charge is -2.08. The molecule has 0 atom stereocenters. The van der Waals surface area contributed by atoms with Crippen LogP contribution in [0.2, 0.25) is 0 Å². The number of carbonyl (C=O) groups excluding carboxylic acids is 2. The van der Waals surface area contributed by atoms with E-state index in [1.54, 1.807) is 11.3 Å². The lowest BCUT2D eigenvalue weighted by atomic mass is 10.3. The number of thiophene rings is 1. The molecule has 2 aromatic rings. The first-order valence-corrected chi connectivity index (χ1v) is 8.53. The molecule has 0 fully saturated rings. The van der Waals surface area contributed by atoms with Gasteiger partial charge in [-0.1, -0.05) is 6.07 Å². The lowest BCUT2D eigenvalue weighted by molar-refractivity contribution is -0.286. The first kappa shape index (κ1) is 17.9. The van der Waals surface area contributed by atoms with Gasteiger partial charge in [-0.05, 0) is 30.0 Å². The Hall–Kier alpha value is -2.88. The molecular formula is C16H15F2N3O4S. The van der Waals surface area contributed by atoms with Gasteiger partial charge in [-0.2, -0.15) is 0 Å². The van der Waals surface area contributed by atoms with Crippen molar-refractivity contribution in [3.63, 3.8) is 0 Å². The molecule has 0 radical (unpaired) electrons. The van der Waals surface area contributed by atoms with Gasteiger partial charge in [0.1, 0.15) is 0 Å². The van der Waals surface area contributed by atoms with E-state index in [0.717, 1.165) is 4.88 Å². The zero-order valence-electron chi connectivity index (χ0n) is 13.4. The molecule has 1 aromatic carbocycles. The maximum absolute atomic E-state index is 12.9. The van der Waals surface area contributed by atoms with E-state index >= 15 is 0 Å². The molecular weight excluding hydrogens is 368 g/mol. The van der Waals surface area contributed by atoms with Gasteiger partial charge in [-0.15, -0.1) is 20.1 Å². The van der Waals surface area contributed by atoms with Crippen LogP contribution in [0.4, 0.5) is 19.3 Å². The molecule has 2 heterocycles. The second kappa shape index (κ2) is 7.56. The average Bonchev–Trinajstić information content (AvgIpc) is 3.18. The fraction of sp³-hybridized carbons (Fsp3) is 0.250. The van der Waals surface area contributed by atoms with Gasteiger partial charge in [-0.3, -0.25) is 10.1 Å². The number of hydrogen-bond donors (Lipinski definition) is 3. The monoisotopic (exact) mass is 383 g/mol. The molecule has 1 aromatic heterocycles. The number of ether oxygens (including phenoxy) is 2. The molecule has 0 aliphatic carbocycles. The van der Waals surface area contributed by atoms with Crippen molar-refractivity contribution in [2.75, 3.05) is 18.4 Å². The Morgan fingerprint density at radius 1 is 1.15 bits per heavy atom. The highest BCUT2D eigenvalue weighted by Gasteiger charge is 2.43. The van der Waals surface area contributed by atoms with Gasteiger partial charge < -0.3 is 20.1 Å². The number of carbonyl (C=O) groups is 2. The zero-order valence-corrected chi connectivity index (χ0v) is 14.2. The summed E-state index contributed by atoms with van der Waals surface area (Å²) in [5.41, 5.74) is 0.373. The van der Waals surface area contributed by atoms with E-state index in [2.05, 4.69) is 25.4 Å². The van der Waals surface area contributed by atoms with Gasteiger partial charge in [0.2, 0.25) is 5.91 Å². The number of urea groups is 1. The smallest absolute Gasteiger partial charge is 0.395 e. The summed E-state index contributed by atoms with van der Waals surface area (Å²) in [4.78, 5) is 24.5. The van der Waals surface area contributed by atoms with Crippen molar-refractivity contribution in [3.8, 4) is 11.5 Å². The molecule has 0 bridgehead atoms. The quantitative estimate of drug-likeness (QED) is 0.714. The van der Waals surface area contributed by atoms with Crippen molar-refractivity contribution in [3.05, 3.63) is 40.6 Å². The summed E-state index contributed by atoms with van der Waals surface area (Å²) in [7, 11) is 0. The summed E-state index contributed by atoms with van der Waals surface area (Å²) in [5.74, 6) is -0.788. The van der Waals surface area contributed by atoms with Gasteiger partial charge in [0.25, 0.3) is 0 Å². The number of hydrogen-bond acceptors (Lipinski definition) is 6. The van der Waals surface area contributed by atoms with E-state index in [4.69, 9.17) is 0 Å². The van der Waals surface area contributed by atoms with Gasteiger partial charge >= 0.3 is 12.3 Å². The van der Waals surface area contributed by atoms with Crippen molar-refractivity contribution < 1.29 is 27.8 Å². The van der Waals surface area contributed by atoms with Crippen LogP contribution in [0.25, 0.3) is 0 Å². The molecule has 1 aliphatic rings. The highest BCUT2D eigenvalue weighted by Crippen LogP contribution is 2.42. The fourth-order valence-electron chi connectivity index (χ4n) is 2.21. The van der Waals surface area contributed by atoms with Crippen LogP contribution >= 0.6 is 11.3 Å². The largest absolute Gasteiger partial charge is 0.586 e. The minimum atomic E-state index is -3.69.